The molecule has 0 spiro atoms. The molecular formula is C24H29N3O3. The number of hydrogen-bond acceptors (Lipinski definition) is 4. The van der Waals surface area contributed by atoms with E-state index in [-0.39, 0.29) is 11.5 Å². The molecule has 0 radical (unpaired) electrons. The zero-order valence-corrected chi connectivity index (χ0v) is 18.5. The lowest BCUT2D eigenvalue weighted by Gasteiger charge is -2.21. The Hall–Kier alpha value is -3.33. The van der Waals surface area contributed by atoms with Gasteiger partial charge in [-0.05, 0) is 37.5 Å². The fraction of sp³-hybridized carbons (Fsp3) is 0.375. The van der Waals surface area contributed by atoms with Crippen LogP contribution in [0.15, 0.2) is 42.0 Å². The molecule has 1 atom stereocenters. The van der Waals surface area contributed by atoms with E-state index in [0.717, 1.165) is 23.5 Å². The number of aryl methyl sites for hydroxylation is 1. The standard InChI is InChI=1S/C24H29N3O3/c1-16(2)15-27-17(3)12-20(18(27)4)13-21(14-25)24(29)30-22(23(28)26(5)6)19-10-8-7-9-11-19/h7-13,16,22H,15H2,1-6H3. The zero-order valence-electron chi connectivity index (χ0n) is 18.5. The lowest BCUT2D eigenvalue weighted by Crippen LogP contribution is -2.31. The average Bonchev–Trinajstić information content (AvgIpc) is 2.97. The van der Waals surface area contributed by atoms with Crippen LogP contribution < -0.4 is 0 Å². The quantitative estimate of drug-likeness (QED) is 0.394. The van der Waals surface area contributed by atoms with Gasteiger partial charge in [0, 0.05) is 37.6 Å². The maximum Gasteiger partial charge on any atom is 0.350 e. The molecule has 0 saturated heterocycles. The van der Waals surface area contributed by atoms with Crippen molar-refractivity contribution in [2.45, 2.75) is 40.3 Å². The van der Waals surface area contributed by atoms with Crippen LogP contribution in [0.5, 0.6) is 0 Å². The van der Waals surface area contributed by atoms with E-state index in [4.69, 9.17) is 4.74 Å². The van der Waals surface area contributed by atoms with E-state index in [1.807, 2.05) is 32.0 Å². The van der Waals surface area contributed by atoms with Gasteiger partial charge in [-0.3, -0.25) is 4.79 Å². The molecule has 0 bridgehead atoms. The monoisotopic (exact) mass is 407 g/mol. The molecule has 1 amide bonds. The summed E-state index contributed by atoms with van der Waals surface area (Å²) >= 11 is 0. The number of carbonyl (C=O) groups is 2. The fourth-order valence-corrected chi connectivity index (χ4v) is 3.21. The molecule has 0 aliphatic carbocycles. The van der Waals surface area contributed by atoms with Crippen molar-refractivity contribution in [2.24, 2.45) is 5.92 Å². The van der Waals surface area contributed by atoms with Gasteiger partial charge in [-0.1, -0.05) is 44.2 Å². The van der Waals surface area contributed by atoms with Crippen molar-refractivity contribution < 1.29 is 14.3 Å². The Morgan fingerprint density at radius 3 is 2.37 bits per heavy atom. The van der Waals surface area contributed by atoms with Gasteiger partial charge in [0.1, 0.15) is 11.6 Å². The van der Waals surface area contributed by atoms with Gasteiger partial charge >= 0.3 is 5.97 Å². The number of aromatic nitrogens is 1. The van der Waals surface area contributed by atoms with Crippen LogP contribution in [-0.2, 0) is 20.9 Å². The topological polar surface area (TPSA) is 75.3 Å². The summed E-state index contributed by atoms with van der Waals surface area (Å²) < 4.78 is 7.66. The van der Waals surface area contributed by atoms with E-state index >= 15 is 0 Å². The highest BCUT2D eigenvalue weighted by atomic mass is 16.5. The smallest absolute Gasteiger partial charge is 0.350 e. The number of amides is 1. The van der Waals surface area contributed by atoms with E-state index in [0.29, 0.717) is 11.5 Å². The van der Waals surface area contributed by atoms with Crippen LogP contribution in [0.3, 0.4) is 0 Å². The molecule has 2 rings (SSSR count). The number of ether oxygens (including phenoxy) is 1. The molecule has 2 aromatic rings. The Bertz CT molecular complexity index is 979. The highest BCUT2D eigenvalue weighted by Gasteiger charge is 2.28. The molecular weight excluding hydrogens is 378 g/mol. The van der Waals surface area contributed by atoms with Crippen LogP contribution in [-0.4, -0.2) is 35.4 Å². The molecule has 1 aromatic heterocycles. The lowest BCUT2D eigenvalue weighted by molar-refractivity contribution is -0.156. The van der Waals surface area contributed by atoms with Gasteiger partial charge in [-0.25, -0.2) is 4.79 Å². The van der Waals surface area contributed by atoms with Crippen molar-refractivity contribution in [2.75, 3.05) is 14.1 Å². The van der Waals surface area contributed by atoms with Crippen LogP contribution >= 0.6 is 0 Å². The van der Waals surface area contributed by atoms with Crippen LogP contribution in [0.4, 0.5) is 0 Å². The van der Waals surface area contributed by atoms with E-state index in [9.17, 15) is 14.9 Å². The summed E-state index contributed by atoms with van der Waals surface area (Å²) in [5.74, 6) is -0.729. The summed E-state index contributed by atoms with van der Waals surface area (Å²) in [6, 6.07) is 12.7. The number of likely N-dealkylation sites (N-methyl/N-ethyl adjacent to an activating group) is 1. The molecule has 1 heterocycles. The summed E-state index contributed by atoms with van der Waals surface area (Å²) in [7, 11) is 3.19. The predicted octanol–water partition coefficient (Wildman–Crippen LogP) is 4.04. The first kappa shape index (κ1) is 23.0. The van der Waals surface area contributed by atoms with Crippen LogP contribution in [0.2, 0.25) is 0 Å². The second kappa shape index (κ2) is 9.93. The van der Waals surface area contributed by atoms with Crippen molar-refractivity contribution in [3.05, 3.63) is 64.5 Å². The summed E-state index contributed by atoms with van der Waals surface area (Å²) in [5, 5.41) is 9.58. The highest BCUT2D eigenvalue weighted by Crippen LogP contribution is 2.23. The second-order valence-electron chi connectivity index (χ2n) is 7.93. The first-order chi connectivity index (χ1) is 14.1. The van der Waals surface area contributed by atoms with E-state index in [1.165, 1.54) is 11.0 Å². The Kier molecular flexibility index (Phi) is 7.60. The van der Waals surface area contributed by atoms with Gasteiger partial charge in [0.05, 0.1) is 0 Å². The van der Waals surface area contributed by atoms with Crippen LogP contribution in [0.25, 0.3) is 6.08 Å². The molecule has 0 aliphatic rings. The summed E-state index contributed by atoms with van der Waals surface area (Å²) in [4.78, 5) is 26.7. The summed E-state index contributed by atoms with van der Waals surface area (Å²) in [5.41, 5.74) is 3.23. The largest absolute Gasteiger partial charge is 0.443 e. The molecule has 0 N–H and O–H groups in total. The van der Waals surface area contributed by atoms with Gasteiger partial charge in [0.2, 0.25) is 6.10 Å². The van der Waals surface area contributed by atoms with Crippen molar-refractivity contribution in [3.8, 4) is 6.07 Å². The van der Waals surface area contributed by atoms with Gasteiger partial charge in [0.25, 0.3) is 5.91 Å². The first-order valence-electron chi connectivity index (χ1n) is 9.91. The molecule has 30 heavy (non-hydrogen) atoms. The van der Waals surface area contributed by atoms with Gasteiger partial charge < -0.3 is 14.2 Å². The predicted molar refractivity (Wildman–Crippen MR) is 116 cm³/mol. The Balaban J connectivity index is 2.35. The summed E-state index contributed by atoms with van der Waals surface area (Å²) in [6.07, 6.45) is 0.419. The number of benzene rings is 1. The minimum absolute atomic E-state index is 0.146. The van der Waals surface area contributed by atoms with Crippen molar-refractivity contribution in [1.82, 2.24) is 9.47 Å². The number of rotatable bonds is 7. The van der Waals surface area contributed by atoms with Gasteiger partial charge in [-0.15, -0.1) is 0 Å². The number of nitrogens with zero attached hydrogens (tertiary/aromatic N) is 3. The number of esters is 1. The maximum absolute atomic E-state index is 12.8. The number of nitriles is 1. The number of carbonyl (C=O) groups excluding carboxylic acids is 2. The zero-order chi connectivity index (χ0) is 22.4. The third-order valence-electron chi connectivity index (χ3n) is 4.79. The van der Waals surface area contributed by atoms with E-state index in [1.54, 1.807) is 38.4 Å². The van der Waals surface area contributed by atoms with Crippen molar-refractivity contribution >= 4 is 18.0 Å². The lowest BCUT2D eigenvalue weighted by atomic mass is 10.1. The number of hydrogen-bond donors (Lipinski definition) is 0. The second-order valence-corrected chi connectivity index (χ2v) is 7.93. The van der Waals surface area contributed by atoms with E-state index < -0.39 is 12.1 Å². The average molecular weight is 408 g/mol. The summed E-state index contributed by atoms with van der Waals surface area (Å²) in [6.45, 7) is 9.09. The minimum Gasteiger partial charge on any atom is -0.443 e. The van der Waals surface area contributed by atoms with Gasteiger partial charge in [0.15, 0.2) is 0 Å². The van der Waals surface area contributed by atoms with Crippen LogP contribution in [0, 0.1) is 31.1 Å². The Morgan fingerprint density at radius 1 is 1.20 bits per heavy atom. The third kappa shape index (κ3) is 5.38. The first-order valence-corrected chi connectivity index (χ1v) is 9.91. The SMILES string of the molecule is Cc1cc(C=C(C#N)C(=O)OC(C(=O)N(C)C)c2ccccc2)c(C)n1CC(C)C. The van der Waals surface area contributed by atoms with Crippen LogP contribution in [0.1, 0.15) is 42.5 Å². The van der Waals surface area contributed by atoms with Crippen molar-refractivity contribution in [3.63, 3.8) is 0 Å². The molecule has 0 fully saturated rings. The molecule has 1 unspecified atom stereocenters. The van der Waals surface area contributed by atoms with Crippen molar-refractivity contribution in [1.29, 1.82) is 5.26 Å². The minimum atomic E-state index is -1.11. The normalized spacial score (nSPS) is 12.4. The fourth-order valence-electron chi connectivity index (χ4n) is 3.21. The molecule has 0 saturated carbocycles. The molecule has 1 aromatic carbocycles. The van der Waals surface area contributed by atoms with E-state index in [2.05, 4.69) is 18.4 Å². The third-order valence-corrected chi connectivity index (χ3v) is 4.79. The highest BCUT2D eigenvalue weighted by molar-refractivity contribution is 5.99. The van der Waals surface area contributed by atoms with Gasteiger partial charge in [-0.2, -0.15) is 5.26 Å². The Labute approximate surface area is 178 Å². The molecule has 158 valence electrons. The molecule has 6 heteroatoms. The maximum atomic E-state index is 12.8. The molecule has 0 aliphatic heterocycles. The Morgan fingerprint density at radius 2 is 1.83 bits per heavy atom. The molecule has 6 nitrogen and oxygen atoms in total.